The van der Waals surface area contributed by atoms with Crippen LogP contribution in [0.15, 0.2) is 18.2 Å². The number of hydroxylamine groups is 1. The van der Waals surface area contributed by atoms with Gasteiger partial charge in [0.2, 0.25) is 0 Å². The Labute approximate surface area is 69.3 Å². The van der Waals surface area contributed by atoms with Gasteiger partial charge in [0.15, 0.2) is 5.75 Å². The SMILES string of the molecule is Nc1cccc2c1CC(=O)NO2. The molecule has 0 unspecified atom stereocenters. The smallest absolute Gasteiger partial charge is 0.257 e. The van der Waals surface area contributed by atoms with Crippen LogP contribution in [0.25, 0.3) is 0 Å². The van der Waals surface area contributed by atoms with Gasteiger partial charge in [-0.2, -0.15) is 5.48 Å². The zero-order valence-electron chi connectivity index (χ0n) is 6.33. The molecule has 0 bridgehead atoms. The van der Waals surface area contributed by atoms with Crippen molar-refractivity contribution in [2.24, 2.45) is 0 Å². The summed E-state index contributed by atoms with van der Waals surface area (Å²) >= 11 is 0. The van der Waals surface area contributed by atoms with E-state index in [9.17, 15) is 4.79 Å². The topological polar surface area (TPSA) is 64.4 Å². The molecule has 1 aliphatic heterocycles. The quantitative estimate of drug-likeness (QED) is 0.539. The van der Waals surface area contributed by atoms with Crippen molar-refractivity contribution in [3.63, 3.8) is 0 Å². The van der Waals surface area contributed by atoms with E-state index in [1.807, 2.05) is 0 Å². The Morgan fingerprint density at radius 3 is 3.17 bits per heavy atom. The molecule has 4 nitrogen and oxygen atoms in total. The van der Waals surface area contributed by atoms with Gasteiger partial charge in [0, 0.05) is 11.3 Å². The van der Waals surface area contributed by atoms with Crippen molar-refractivity contribution in [1.82, 2.24) is 5.48 Å². The molecule has 0 saturated carbocycles. The fraction of sp³-hybridized carbons (Fsp3) is 0.125. The maximum Gasteiger partial charge on any atom is 0.257 e. The predicted octanol–water partition coefficient (Wildman–Crippen LogP) is 0.235. The van der Waals surface area contributed by atoms with Crippen molar-refractivity contribution in [3.05, 3.63) is 23.8 Å². The molecule has 3 N–H and O–H groups in total. The number of fused-ring (bicyclic) bond motifs is 1. The van der Waals surface area contributed by atoms with Crippen LogP contribution in [0.4, 0.5) is 5.69 Å². The summed E-state index contributed by atoms with van der Waals surface area (Å²) < 4.78 is 0. The zero-order valence-corrected chi connectivity index (χ0v) is 6.33. The van der Waals surface area contributed by atoms with Gasteiger partial charge in [0.05, 0.1) is 6.42 Å². The van der Waals surface area contributed by atoms with Crippen LogP contribution in [0.2, 0.25) is 0 Å². The van der Waals surface area contributed by atoms with Crippen LogP contribution in [-0.4, -0.2) is 5.91 Å². The van der Waals surface area contributed by atoms with E-state index in [2.05, 4.69) is 5.48 Å². The number of nitrogen functional groups attached to an aromatic ring is 1. The Kier molecular flexibility index (Phi) is 1.40. The van der Waals surface area contributed by atoms with Gasteiger partial charge in [-0.1, -0.05) is 6.07 Å². The van der Waals surface area contributed by atoms with Crippen molar-refractivity contribution >= 4 is 11.6 Å². The highest BCUT2D eigenvalue weighted by molar-refractivity contribution is 5.82. The first kappa shape index (κ1) is 6.97. The second-order valence-corrected chi connectivity index (χ2v) is 2.63. The normalized spacial score (nSPS) is 14.5. The van der Waals surface area contributed by atoms with Crippen LogP contribution in [-0.2, 0) is 11.2 Å². The Morgan fingerprint density at radius 2 is 2.33 bits per heavy atom. The van der Waals surface area contributed by atoms with E-state index in [0.29, 0.717) is 17.9 Å². The number of hydrogen-bond donors (Lipinski definition) is 2. The highest BCUT2D eigenvalue weighted by atomic mass is 16.7. The zero-order chi connectivity index (χ0) is 8.55. The van der Waals surface area contributed by atoms with Gasteiger partial charge in [0.1, 0.15) is 0 Å². The molecule has 4 heteroatoms. The molecular formula is C8H8N2O2. The molecule has 0 saturated heterocycles. The molecule has 12 heavy (non-hydrogen) atoms. The van der Waals surface area contributed by atoms with Crippen molar-refractivity contribution < 1.29 is 9.63 Å². The molecule has 1 aromatic rings. The Morgan fingerprint density at radius 1 is 1.50 bits per heavy atom. The number of carbonyl (C=O) groups is 1. The molecule has 0 fully saturated rings. The van der Waals surface area contributed by atoms with Gasteiger partial charge >= 0.3 is 0 Å². The number of nitrogens with one attached hydrogen (secondary N) is 1. The summed E-state index contributed by atoms with van der Waals surface area (Å²) in [6.07, 6.45) is 0.294. The Hall–Kier alpha value is -1.71. The van der Waals surface area contributed by atoms with E-state index >= 15 is 0 Å². The van der Waals surface area contributed by atoms with Crippen LogP contribution >= 0.6 is 0 Å². The average molecular weight is 164 g/mol. The first-order chi connectivity index (χ1) is 5.77. The van der Waals surface area contributed by atoms with E-state index < -0.39 is 0 Å². The van der Waals surface area contributed by atoms with Crippen molar-refractivity contribution in [3.8, 4) is 5.75 Å². The number of rotatable bonds is 0. The van der Waals surface area contributed by atoms with E-state index in [0.717, 1.165) is 5.56 Å². The molecule has 62 valence electrons. The molecule has 1 heterocycles. The number of nitrogens with two attached hydrogens (primary N) is 1. The summed E-state index contributed by atoms with van der Waals surface area (Å²) in [5.74, 6) is 0.468. The van der Waals surface area contributed by atoms with Crippen molar-refractivity contribution in [1.29, 1.82) is 0 Å². The third-order valence-corrected chi connectivity index (χ3v) is 1.78. The molecule has 1 amide bonds. The first-order valence-corrected chi connectivity index (χ1v) is 3.60. The monoisotopic (exact) mass is 164 g/mol. The summed E-state index contributed by atoms with van der Waals surface area (Å²) in [4.78, 5) is 15.8. The van der Waals surface area contributed by atoms with E-state index in [1.54, 1.807) is 18.2 Å². The number of carbonyl (C=O) groups excluding carboxylic acids is 1. The lowest BCUT2D eigenvalue weighted by Gasteiger charge is -2.17. The van der Waals surface area contributed by atoms with Crippen LogP contribution < -0.4 is 16.1 Å². The second kappa shape index (κ2) is 2.41. The molecule has 0 atom stereocenters. The van der Waals surface area contributed by atoms with Crippen molar-refractivity contribution in [2.45, 2.75) is 6.42 Å². The van der Waals surface area contributed by atoms with E-state index in [1.165, 1.54) is 0 Å². The fourth-order valence-corrected chi connectivity index (χ4v) is 1.18. The van der Waals surface area contributed by atoms with Crippen LogP contribution in [0, 0.1) is 0 Å². The van der Waals surface area contributed by atoms with Crippen molar-refractivity contribution in [2.75, 3.05) is 5.73 Å². The minimum absolute atomic E-state index is 0.166. The molecule has 2 rings (SSSR count). The van der Waals surface area contributed by atoms with Gasteiger partial charge in [-0.3, -0.25) is 4.79 Å². The molecule has 1 aromatic carbocycles. The summed E-state index contributed by atoms with van der Waals surface area (Å²) in [5.41, 5.74) is 9.28. The molecule has 1 aliphatic rings. The average Bonchev–Trinajstić information content (AvgIpc) is 2.07. The summed E-state index contributed by atoms with van der Waals surface area (Å²) in [6, 6.07) is 5.30. The van der Waals surface area contributed by atoms with Crippen LogP contribution in [0.3, 0.4) is 0 Å². The fourth-order valence-electron chi connectivity index (χ4n) is 1.18. The van der Waals surface area contributed by atoms with Gasteiger partial charge in [0.25, 0.3) is 5.91 Å². The lowest BCUT2D eigenvalue weighted by atomic mass is 10.1. The molecule has 0 aliphatic carbocycles. The number of amides is 1. The maximum atomic E-state index is 10.9. The third-order valence-electron chi connectivity index (χ3n) is 1.78. The summed E-state index contributed by atoms with van der Waals surface area (Å²) in [6.45, 7) is 0. The summed E-state index contributed by atoms with van der Waals surface area (Å²) in [5, 5.41) is 0. The van der Waals surface area contributed by atoms with Gasteiger partial charge in [-0.05, 0) is 12.1 Å². The number of anilines is 1. The Bertz CT molecular complexity index is 336. The summed E-state index contributed by atoms with van der Waals surface area (Å²) in [7, 11) is 0. The van der Waals surface area contributed by atoms with Gasteiger partial charge < -0.3 is 10.6 Å². The minimum Gasteiger partial charge on any atom is -0.398 e. The maximum absolute atomic E-state index is 10.9. The molecule has 0 radical (unpaired) electrons. The van der Waals surface area contributed by atoms with Crippen LogP contribution in [0.5, 0.6) is 5.75 Å². The predicted molar refractivity (Wildman–Crippen MR) is 43.3 cm³/mol. The molecule has 0 aromatic heterocycles. The van der Waals surface area contributed by atoms with E-state index in [4.69, 9.17) is 10.6 Å². The van der Waals surface area contributed by atoms with Crippen LogP contribution in [0.1, 0.15) is 5.56 Å². The highest BCUT2D eigenvalue weighted by Gasteiger charge is 2.17. The largest absolute Gasteiger partial charge is 0.398 e. The van der Waals surface area contributed by atoms with E-state index in [-0.39, 0.29) is 5.91 Å². The lowest BCUT2D eigenvalue weighted by Crippen LogP contribution is -2.33. The molecular weight excluding hydrogens is 156 g/mol. The third kappa shape index (κ3) is 0.972. The van der Waals surface area contributed by atoms with Gasteiger partial charge in [-0.15, -0.1) is 0 Å². The number of hydrogen-bond acceptors (Lipinski definition) is 3. The molecule has 0 spiro atoms. The van der Waals surface area contributed by atoms with Gasteiger partial charge in [-0.25, -0.2) is 0 Å². The second-order valence-electron chi connectivity index (χ2n) is 2.63. The highest BCUT2D eigenvalue weighted by Crippen LogP contribution is 2.26. The standard InChI is InChI=1S/C8H8N2O2/c9-6-2-1-3-7-5(6)4-8(11)10-12-7/h1-3H,4,9H2,(H,10,11). The minimum atomic E-state index is -0.166. The lowest BCUT2D eigenvalue weighted by molar-refractivity contribution is -0.128. The first-order valence-electron chi connectivity index (χ1n) is 3.60. The Balaban J connectivity index is 2.50. The number of benzene rings is 1.